The fourth-order valence-corrected chi connectivity index (χ4v) is 11.8. The van der Waals surface area contributed by atoms with Crippen LogP contribution in [-0.2, 0) is 0 Å². The fraction of sp³-hybridized carbons (Fsp3) is 0.214. The molecule has 0 bridgehead atoms. The van der Waals surface area contributed by atoms with Crippen LogP contribution in [0.4, 0.5) is 0 Å². The molecule has 0 unspecified atom stereocenters. The molecule has 0 aliphatic heterocycles. The predicted molar refractivity (Wildman–Crippen MR) is 262 cm³/mol. The molecule has 9 aromatic carbocycles. The van der Waals surface area contributed by atoms with Crippen LogP contribution in [0, 0.1) is 0 Å². The lowest BCUT2D eigenvalue weighted by molar-refractivity contribution is 0.619. The molecule has 0 radical (unpaired) electrons. The number of pyridine rings is 2. The summed E-state index contributed by atoms with van der Waals surface area (Å²) >= 11 is 0. The van der Waals surface area contributed by atoms with Gasteiger partial charge in [-0.05, 0) is 104 Å². The molecule has 0 N–H and O–H groups in total. The molecule has 4 aromatic heterocycles. The first kappa shape index (κ1) is 37.3. The summed E-state index contributed by atoms with van der Waals surface area (Å²) in [6.07, 6.45) is 3.31. The summed E-state index contributed by atoms with van der Waals surface area (Å²) in [5.41, 5.74) is 4.61. The highest BCUT2D eigenvalue weighted by Gasteiger charge is 2.33. The van der Waals surface area contributed by atoms with Crippen LogP contribution in [0.2, 0.25) is 0 Å². The first-order valence-electron chi connectivity index (χ1n) is 22.4. The van der Waals surface area contributed by atoms with Gasteiger partial charge in [0, 0.05) is 75.4 Å². The minimum atomic E-state index is -0.385. The molecule has 0 fully saturated rings. The van der Waals surface area contributed by atoms with Crippen molar-refractivity contribution in [3.8, 4) is 11.4 Å². The number of furan rings is 2. The molecule has 0 atom stereocenters. The van der Waals surface area contributed by atoms with E-state index in [-0.39, 0.29) is 45.9 Å². The molecule has 4 heterocycles. The standard InChI is InChI=1S/C56H42N2O6/c1-23(2)27-11-9-12-28(24(3)4)49(27)57-53(59)37-19-33-31-15-17-64-52(31)36-22-40-42-38(54(60)58(56(40)62)50-29(25(5)6)13-10-14-30(50)26(7)8)20-34-32-16-18-63-51(32)35-21-39(55(57)61)41(37)47-43(33)46(36)48(42)44(34)45(35)47/h9-26H,1-8H3. The maximum atomic E-state index is 15.5. The highest BCUT2D eigenvalue weighted by molar-refractivity contribution is 6.54. The molecule has 13 rings (SSSR count). The third-order valence-corrected chi connectivity index (χ3v) is 14.6. The van der Waals surface area contributed by atoms with Crippen LogP contribution in [0.25, 0.3) is 119 Å². The van der Waals surface area contributed by atoms with Gasteiger partial charge >= 0.3 is 0 Å². The highest BCUT2D eigenvalue weighted by Crippen LogP contribution is 2.55. The number of hydrogen-bond donors (Lipinski definition) is 0. The molecule has 13 aromatic rings. The number of hydrogen-bond acceptors (Lipinski definition) is 6. The van der Waals surface area contributed by atoms with Crippen LogP contribution >= 0.6 is 0 Å². The van der Waals surface area contributed by atoms with Crippen LogP contribution in [0.1, 0.15) is 101 Å². The average Bonchev–Trinajstić information content (AvgIpc) is 3.98. The van der Waals surface area contributed by atoms with Crippen LogP contribution in [0.15, 0.2) is 113 Å². The molecule has 8 heteroatoms. The Hall–Kier alpha value is -7.32. The Morgan fingerprint density at radius 3 is 0.953 bits per heavy atom. The van der Waals surface area contributed by atoms with Crippen LogP contribution in [-0.4, -0.2) is 9.13 Å². The van der Waals surface area contributed by atoms with Crippen molar-refractivity contribution >= 4 is 108 Å². The van der Waals surface area contributed by atoms with Crippen molar-refractivity contribution in [2.75, 3.05) is 0 Å². The Morgan fingerprint density at radius 2 is 0.641 bits per heavy atom. The lowest BCUT2D eigenvalue weighted by Crippen LogP contribution is -2.34. The number of rotatable bonds is 6. The second-order valence-electron chi connectivity index (χ2n) is 19.3. The van der Waals surface area contributed by atoms with Gasteiger partial charge in [0.15, 0.2) is 0 Å². The fourth-order valence-electron chi connectivity index (χ4n) is 11.8. The monoisotopic (exact) mass is 838 g/mol. The second kappa shape index (κ2) is 12.2. The summed E-state index contributed by atoms with van der Waals surface area (Å²) in [6.45, 7) is 16.7. The average molecular weight is 839 g/mol. The Bertz CT molecular complexity index is 3870. The van der Waals surface area contributed by atoms with Gasteiger partial charge in [-0.1, -0.05) is 91.8 Å². The zero-order chi connectivity index (χ0) is 44.1. The summed E-state index contributed by atoms with van der Waals surface area (Å²) in [6, 6.07) is 23.6. The lowest BCUT2D eigenvalue weighted by atomic mass is 9.78. The van der Waals surface area contributed by atoms with Crippen molar-refractivity contribution in [3.63, 3.8) is 0 Å². The van der Waals surface area contributed by atoms with Gasteiger partial charge in [0.1, 0.15) is 11.2 Å². The Balaban J connectivity index is 1.33. The number of fused-ring (bicyclic) bond motifs is 6. The van der Waals surface area contributed by atoms with Crippen LogP contribution < -0.4 is 22.2 Å². The lowest BCUT2D eigenvalue weighted by Gasteiger charge is -2.25. The van der Waals surface area contributed by atoms with Gasteiger partial charge in [0.2, 0.25) is 0 Å². The quantitative estimate of drug-likeness (QED) is 0.122. The zero-order valence-electron chi connectivity index (χ0n) is 36.7. The van der Waals surface area contributed by atoms with E-state index in [0.29, 0.717) is 54.9 Å². The van der Waals surface area contributed by atoms with Crippen LogP contribution in [0.3, 0.4) is 0 Å². The third kappa shape index (κ3) is 4.24. The van der Waals surface area contributed by atoms with Crippen molar-refractivity contribution in [1.29, 1.82) is 0 Å². The topological polar surface area (TPSA) is 104 Å². The van der Waals surface area contributed by atoms with Gasteiger partial charge in [-0.3, -0.25) is 19.2 Å². The van der Waals surface area contributed by atoms with E-state index < -0.39 is 0 Å². The smallest absolute Gasteiger partial charge is 0.266 e. The Morgan fingerprint density at radius 1 is 0.344 bits per heavy atom. The van der Waals surface area contributed by atoms with Crippen molar-refractivity contribution in [3.05, 3.63) is 149 Å². The Labute approximate surface area is 364 Å². The maximum absolute atomic E-state index is 15.5. The largest absolute Gasteiger partial charge is 0.464 e. The first-order chi connectivity index (χ1) is 30.8. The molecule has 0 spiro atoms. The van der Waals surface area contributed by atoms with E-state index in [9.17, 15) is 0 Å². The maximum Gasteiger partial charge on any atom is 0.266 e. The number of aromatic nitrogens is 2. The third-order valence-electron chi connectivity index (χ3n) is 14.6. The van der Waals surface area contributed by atoms with E-state index in [2.05, 4.69) is 55.4 Å². The molecule has 8 nitrogen and oxygen atoms in total. The summed E-state index contributed by atoms with van der Waals surface area (Å²) in [4.78, 5) is 61.8. The van der Waals surface area contributed by atoms with E-state index in [1.165, 1.54) is 9.13 Å². The van der Waals surface area contributed by atoms with Gasteiger partial charge in [0.25, 0.3) is 22.2 Å². The van der Waals surface area contributed by atoms with Crippen molar-refractivity contribution in [1.82, 2.24) is 9.13 Å². The summed E-state index contributed by atoms with van der Waals surface area (Å²) in [5.74, 6) is 0.152. The summed E-state index contributed by atoms with van der Waals surface area (Å²) < 4.78 is 15.7. The van der Waals surface area contributed by atoms with E-state index >= 15 is 19.2 Å². The Kier molecular flexibility index (Phi) is 7.12. The molecular weight excluding hydrogens is 797 g/mol. The minimum Gasteiger partial charge on any atom is -0.464 e. The summed E-state index contributed by atoms with van der Waals surface area (Å²) in [7, 11) is 0. The van der Waals surface area contributed by atoms with Crippen molar-refractivity contribution in [2.24, 2.45) is 0 Å². The number of para-hydroxylation sites is 2. The highest BCUT2D eigenvalue weighted by atomic mass is 16.3. The van der Waals surface area contributed by atoms with E-state index in [0.717, 1.165) is 86.9 Å². The molecule has 0 amide bonds. The molecule has 0 aliphatic rings. The SMILES string of the molecule is CC(C)c1cccc(C(C)C)c1-n1c(=O)c2cc3c4ccoc4c4cc5c(=O)n(-c6c(C(C)C)cccc6C(C)C)c(=O)c6cc7c8ccoc8c8cc(c1=O)c2c1c3c4c(c65)c7c81. The normalized spacial score (nSPS) is 13.2. The summed E-state index contributed by atoms with van der Waals surface area (Å²) in [5, 5.41) is 12.5. The zero-order valence-corrected chi connectivity index (χ0v) is 36.7. The molecule has 0 saturated carbocycles. The second-order valence-corrected chi connectivity index (χ2v) is 19.3. The molecule has 0 aliphatic carbocycles. The van der Waals surface area contributed by atoms with Crippen LogP contribution in [0.5, 0.6) is 0 Å². The molecule has 64 heavy (non-hydrogen) atoms. The number of benzene rings is 9. The van der Waals surface area contributed by atoms with Gasteiger partial charge in [-0.2, -0.15) is 0 Å². The van der Waals surface area contributed by atoms with E-state index in [4.69, 9.17) is 8.83 Å². The number of nitrogens with zero attached hydrogens (tertiary/aromatic N) is 2. The molecule has 312 valence electrons. The van der Waals surface area contributed by atoms with E-state index in [1.54, 1.807) is 12.5 Å². The van der Waals surface area contributed by atoms with Gasteiger partial charge in [-0.15, -0.1) is 0 Å². The van der Waals surface area contributed by atoms with Crippen molar-refractivity contribution < 1.29 is 8.83 Å². The van der Waals surface area contributed by atoms with Gasteiger partial charge in [0.05, 0.1) is 23.9 Å². The molecular formula is C56H42N2O6. The molecule has 0 saturated heterocycles. The van der Waals surface area contributed by atoms with E-state index in [1.807, 2.05) is 72.8 Å². The first-order valence-corrected chi connectivity index (χ1v) is 22.4. The van der Waals surface area contributed by atoms with Crippen molar-refractivity contribution in [2.45, 2.75) is 79.1 Å². The minimum absolute atomic E-state index is 0.0380. The van der Waals surface area contributed by atoms with Gasteiger partial charge in [-0.25, -0.2) is 9.13 Å². The predicted octanol–water partition coefficient (Wildman–Crippen LogP) is 13.1. The van der Waals surface area contributed by atoms with Gasteiger partial charge < -0.3 is 8.83 Å².